The van der Waals surface area contributed by atoms with Crippen LogP contribution in [0.4, 0.5) is 0 Å². The van der Waals surface area contributed by atoms with Crippen LogP contribution in [0, 0.1) is 0 Å². The molecule has 0 bridgehead atoms. The van der Waals surface area contributed by atoms with Crippen molar-refractivity contribution in [3.63, 3.8) is 0 Å². The number of H-pyrrole nitrogens is 1. The maximum atomic E-state index is 12.0. The van der Waals surface area contributed by atoms with E-state index in [-0.39, 0.29) is 12.5 Å². The van der Waals surface area contributed by atoms with E-state index in [1.54, 1.807) is 6.33 Å². The average molecular weight is 323 g/mol. The molecular weight excluding hydrogens is 302 g/mol. The lowest BCUT2D eigenvalue weighted by molar-refractivity contribution is -0.123. The maximum absolute atomic E-state index is 12.0. The van der Waals surface area contributed by atoms with Gasteiger partial charge in [-0.3, -0.25) is 4.79 Å². The smallest absolute Gasteiger partial charge is 0.221 e. The van der Waals surface area contributed by atoms with E-state index in [0.29, 0.717) is 17.8 Å². The molecule has 1 atom stereocenters. The lowest BCUT2D eigenvalue weighted by atomic mass is 9.97. The number of aliphatic hydroxyl groups is 1. The zero-order valence-corrected chi connectivity index (χ0v) is 13.6. The normalized spacial score (nSPS) is 14.0. The van der Waals surface area contributed by atoms with Gasteiger partial charge >= 0.3 is 0 Å². The molecule has 0 aliphatic heterocycles. The van der Waals surface area contributed by atoms with Crippen LogP contribution in [-0.2, 0) is 4.79 Å². The number of aromatic amines is 1. The van der Waals surface area contributed by atoms with Crippen molar-refractivity contribution in [2.75, 3.05) is 12.4 Å². The number of carbonyl (C=O) groups excluding carboxylic acids is 1. The number of nitrogens with one attached hydrogen (secondary N) is 2. The van der Waals surface area contributed by atoms with E-state index >= 15 is 0 Å². The topological polar surface area (TPSA) is 104 Å². The van der Waals surface area contributed by atoms with Crippen LogP contribution in [0.2, 0.25) is 0 Å². The summed E-state index contributed by atoms with van der Waals surface area (Å²) in [6.07, 6.45) is 5.07. The molecule has 120 valence electrons. The third-order valence-electron chi connectivity index (χ3n) is 3.35. The number of nitrogens with zero attached hydrogens (tertiary/aromatic N) is 3. The van der Waals surface area contributed by atoms with Crippen LogP contribution in [0.3, 0.4) is 0 Å². The van der Waals surface area contributed by atoms with Gasteiger partial charge in [0.1, 0.15) is 16.9 Å². The second-order valence-electron chi connectivity index (χ2n) is 5.40. The summed E-state index contributed by atoms with van der Waals surface area (Å²) in [7, 11) is 0. The van der Waals surface area contributed by atoms with E-state index in [1.165, 1.54) is 18.1 Å². The predicted molar refractivity (Wildman–Crippen MR) is 85.6 cm³/mol. The number of amides is 1. The minimum atomic E-state index is -0.540. The van der Waals surface area contributed by atoms with Crippen LogP contribution in [0.1, 0.15) is 33.1 Å². The molecule has 3 N–H and O–H groups in total. The number of rotatable bonds is 8. The van der Waals surface area contributed by atoms with Crippen molar-refractivity contribution in [1.29, 1.82) is 0 Å². The predicted octanol–water partition coefficient (Wildman–Crippen LogP) is 1.50. The van der Waals surface area contributed by atoms with Crippen molar-refractivity contribution in [1.82, 2.24) is 25.3 Å². The molecule has 8 heteroatoms. The summed E-state index contributed by atoms with van der Waals surface area (Å²) in [6.45, 7) is 3.83. The lowest BCUT2D eigenvalue weighted by Gasteiger charge is -2.28. The van der Waals surface area contributed by atoms with E-state index in [1.807, 2.05) is 13.8 Å². The summed E-state index contributed by atoms with van der Waals surface area (Å²) < 4.78 is 0. The molecule has 0 saturated heterocycles. The Labute approximate surface area is 133 Å². The quantitative estimate of drug-likeness (QED) is 0.502. The largest absolute Gasteiger partial charge is 0.394 e. The zero-order valence-electron chi connectivity index (χ0n) is 12.8. The van der Waals surface area contributed by atoms with E-state index in [4.69, 9.17) is 0 Å². The van der Waals surface area contributed by atoms with Gasteiger partial charge in [0.05, 0.1) is 18.5 Å². The van der Waals surface area contributed by atoms with Gasteiger partial charge in [0, 0.05) is 12.2 Å². The summed E-state index contributed by atoms with van der Waals surface area (Å²) in [6, 6.07) is 0. The van der Waals surface area contributed by atoms with E-state index in [0.717, 1.165) is 23.4 Å². The van der Waals surface area contributed by atoms with Crippen molar-refractivity contribution < 1.29 is 9.90 Å². The van der Waals surface area contributed by atoms with Gasteiger partial charge in [-0.05, 0) is 13.3 Å². The molecule has 0 aliphatic rings. The molecule has 0 aliphatic carbocycles. The summed E-state index contributed by atoms with van der Waals surface area (Å²) in [4.78, 5) is 27.3. The van der Waals surface area contributed by atoms with Gasteiger partial charge in [0.2, 0.25) is 5.91 Å². The summed E-state index contributed by atoms with van der Waals surface area (Å²) >= 11 is 1.48. The van der Waals surface area contributed by atoms with Crippen LogP contribution in [0.5, 0.6) is 0 Å². The molecule has 22 heavy (non-hydrogen) atoms. The highest BCUT2D eigenvalue weighted by atomic mass is 32.2. The fourth-order valence-corrected chi connectivity index (χ4v) is 3.12. The molecule has 0 aromatic carbocycles. The van der Waals surface area contributed by atoms with Gasteiger partial charge in [-0.25, -0.2) is 15.0 Å². The number of hydrogen-bond donors (Lipinski definition) is 3. The van der Waals surface area contributed by atoms with Crippen LogP contribution < -0.4 is 5.32 Å². The summed E-state index contributed by atoms with van der Waals surface area (Å²) in [5.41, 5.74) is 0.874. The Bertz CT molecular complexity index is 632. The summed E-state index contributed by atoms with van der Waals surface area (Å²) in [5.74, 6) is 0.539. The Kier molecular flexibility index (Phi) is 5.73. The molecular formula is C14H21N5O2S. The molecule has 0 radical (unpaired) electrons. The third kappa shape index (κ3) is 4.17. The van der Waals surface area contributed by atoms with E-state index in [2.05, 4.69) is 25.3 Å². The minimum absolute atomic E-state index is 0.0552. The number of aliphatic hydroxyl groups excluding tert-OH is 1. The monoisotopic (exact) mass is 323 g/mol. The van der Waals surface area contributed by atoms with Crippen LogP contribution >= 0.6 is 11.8 Å². The van der Waals surface area contributed by atoms with Crippen LogP contribution in [-0.4, -0.2) is 48.8 Å². The number of hydrogen-bond acceptors (Lipinski definition) is 6. The third-order valence-corrected chi connectivity index (χ3v) is 4.34. The summed E-state index contributed by atoms with van der Waals surface area (Å²) in [5, 5.41) is 13.1. The first-order valence-corrected chi connectivity index (χ1v) is 8.25. The molecule has 2 aromatic heterocycles. The second-order valence-corrected chi connectivity index (χ2v) is 6.48. The van der Waals surface area contributed by atoms with Crippen molar-refractivity contribution >= 4 is 28.8 Å². The number of thioether (sulfide) groups is 1. The molecule has 2 aromatic rings. The first-order chi connectivity index (χ1) is 10.6. The van der Waals surface area contributed by atoms with E-state index < -0.39 is 5.54 Å². The fourth-order valence-electron chi connectivity index (χ4n) is 2.22. The Morgan fingerprint density at radius 1 is 1.45 bits per heavy atom. The van der Waals surface area contributed by atoms with Gasteiger partial charge in [0.15, 0.2) is 5.65 Å². The molecule has 2 heterocycles. The van der Waals surface area contributed by atoms with Gasteiger partial charge in [0.25, 0.3) is 0 Å². The van der Waals surface area contributed by atoms with Gasteiger partial charge in [-0.2, -0.15) is 0 Å². The second kappa shape index (κ2) is 7.55. The molecule has 7 nitrogen and oxygen atoms in total. The standard InChI is InChI=1S/C14H21N5O2S/c1-3-5-14(2,7-20)19-10(21)4-6-22-13-11-12(16-8-15-11)17-9-18-13/h8-9,20H,3-7H2,1-2H3,(H,19,21)(H,15,16,17,18). The van der Waals surface area contributed by atoms with Crippen molar-refractivity contribution in [3.05, 3.63) is 12.7 Å². The molecule has 2 rings (SSSR count). The van der Waals surface area contributed by atoms with Gasteiger partial charge < -0.3 is 15.4 Å². The van der Waals surface area contributed by atoms with Crippen LogP contribution in [0.25, 0.3) is 11.2 Å². The first kappa shape index (κ1) is 16.7. The van der Waals surface area contributed by atoms with E-state index in [9.17, 15) is 9.90 Å². The van der Waals surface area contributed by atoms with Crippen molar-refractivity contribution in [3.8, 4) is 0 Å². The Balaban J connectivity index is 1.86. The lowest BCUT2D eigenvalue weighted by Crippen LogP contribution is -2.48. The van der Waals surface area contributed by atoms with Gasteiger partial charge in [-0.1, -0.05) is 13.3 Å². The van der Waals surface area contributed by atoms with Gasteiger partial charge in [-0.15, -0.1) is 11.8 Å². The molecule has 1 unspecified atom stereocenters. The highest BCUT2D eigenvalue weighted by Crippen LogP contribution is 2.22. The molecule has 0 spiro atoms. The highest BCUT2D eigenvalue weighted by Gasteiger charge is 2.24. The van der Waals surface area contributed by atoms with Crippen LogP contribution in [0.15, 0.2) is 17.7 Å². The Hall–Kier alpha value is -1.67. The van der Waals surface area contributed by atoms with Crippen molar-refractivity contribution in [2.45, 2.75) is 43.7 Å². The average Bonchev–Trinajstić information content (AvgIpc) is 2.96. The molecule has 0 fully saturated rings. The fraction of sp³-hybridized carbons (Fsp3) is 0.571. The zero-order chi connectivity index (χ0) is 16.0. The highest BCUT2D eigenvalue weighted by molar-refractivity contribution is 7.99. The number of imidazole rings is 1. The molecule has 1 amide bonds. The maximum Gasteiger partial charge on any atom is 0.221 e. The number of carbonyl (C=O) groups is 1. The Morgan fingerprint density at radius 2 is 2.27 bits per heavy atom. The number of fused-ring (bicyclic) bond motifs is 1. The van der Waals surface area contributed by atoms with Crippen molar-refractivity contribution in [2.24, 2.45) is 0 Å². The Morgan fingerprint density at radius 3 is 3.00 bits per heavy atom. The minimum Gasteiger partial charge on any atom is -0.394 e. The SMILES string of the molecule is CCCC(C)(CO)NC(=O)CCSc1ncnc2nc[nH]c12. The molecule has 0 saturated carbocycles. The number of aromatic nitrogens is 4. The first-order valence-electron chi connectivity index (χ1n) is 7.27.